The van der Waals surface area contributed by atoms with Crippen molar-refractivity contribution in [2.45, 2.75) is 39.3 Å². The third-order valence-corrected chi connectivity index (χ3v) is 2.92. The third-order valence-electron chi connectivity index (χ3n) is 2.92. The first kappa shape index (κ1) is 18.7. The molecule has 0 saturated carbocycles. The number of anilines is 1. The number of nitrogens with one attached hydrogen (secondary N) is 2. The lowest BCUT2D eigenvalue weighted by molar-refractivity contribution is -0.167. The van der Waals surface area contributed by atoms with Gasteiger partial charge in [-0.2, -0.15) is 18.3 Å². The van der Waals surface area contributed by atoms with Gasteiger partial charge in [0.1, 0.15) is 0 Å². The molecule has 2 N–H and O–H groups in total. The van der Waals surface area contributed by atoms with Crippen LogP contribution in [0.1, 0.15) is 38.7 Å². The lowest BCUT2D eigenvalue weighted by atomic mass is 10.1. The van der Waals surface area contributed by atoms with Crippen molar-refractivity contribution in [3.8, 4) is 0 Å². The number of amides is 2. The quantitative estimate of drug-likeness (QED) is 0.621. The number of hydrogen-bond acceptors (Lipinski definition) is 3. The van der Waals surface area contributed by atoms with Crippen LogP contribution in [-0.4, -0.2) is 23.7 Å². The summed E-state index contributed by atoms with van der Waals surface area (Å²) in [5.74, 6) is -2.22. The Balaban J connectivity index is 2.65. The van der Waals surface area contributed by atoms with Gasteiger partial charge >= 0.3 is 12.1 Å². The van der Waals surface area contributed by atoms with Gasteiger partial charge in [-0.05, 0) is 31.0 Å². The Labute approximate surface area is 132 Å². The van der Waals surface area contributed by atoms with Crippen LogP contribution in [0.4, 0.5) is 18.9 Å². The van der Waals surface area contributed by atoms with Crippen molar-refractivity contribution < 1.29 is 22.8 Å². The first-order valence-electron chi connectivity index (χ1n) is 7.05. The maximum Gasteiger partial charge on any atom is 0.471 e. The molecule has 1 aromatic rings. The zero-order valence-corrected chi connectivity index (χ0v) is 12.8. The highest BCUT2D eigenvalue weighted by atomic mass is 19.4. The van der Waals surface area contributed by atoms with E-state index in [4.69, 9.17) is 0 Å². The number of unbranched alkanes of at least 4 members (excludes halogenated alkanes) is 1. The van der Waals surface area contributed by atoms with Crippen molar-refractivity contribution in [2.75, 3.05) is 5.32 Å². The average Bonchev–Trinajstić information content (AvgIpc) is 2.50. The number of nitrogens with zero attached hydrogens (tertiary/aromatic N) is 1. The van der Waals surface area contributed by atoms with Crippen LogP contribution in [0.3, 0.4) is 0 Å². The zero-order valence-electron chi connectivity index (χ0n) is 12.8. The topological polar surface area (TPSA) is 70.6 Å². The molecule has 0 saturated heterocycles. The molecule has 0 radical (unpaired) electrons. The Kier molecular flexibility index (Phi) is 6.74. The highest BCUT2D eigenvalue weighted by Gasteiger charge is 2.38. The Morgan fingerprint density at radius 3 is 2.30 bits per heavy atom. The Hall–Kier alpha value is -2.38. The minimum absolute atomic E-state index is 0.0239. The van der Waals surface area contributed by atoms with Crippen molar-refractivity contribution in [3.63, 3.8) is 0 Å². The van der Waals surface area contributed by atoms with Crippen LogP contribution >= 0.6 is 0 Å². The predicted octanol–water partition coefficient (Wildman–Crippen LogP) is 3.22. The fraction of sp³-hybridized carbons (Fsp3) is 0.400. The van der Waals surface area contributed by atoms with Gasteiger partial charge in [0.2, 0.25) is 5.91 Å². The lowest BCUT2D eigenvalue weighted by Crippen LogP contribution is -2.29. The molecule has 8 heteroatoms. The first-order valence-corrected chi connectivity index (χ1v) is 7.05. The van der Waals surface area contributed by atoms with Gasteiger partial charge < -0.3 is 5.32 Å². The summed E-state index contributed by atoms with van der Waals surface area (Å²) in [4.78, 5) is 22.2. The molecule has 1 rings (SSSR count). The van der Waals surface area contributed by atoms with Crippen LogP contribution in [0.5, 0.6) is 0 Å². The molecule has 2 amide bonds. The molecule has 5 nitrogen and oxygen atoms in total. The highest BCUT2D eigenvalue weighted by Crippen LogP contribution is 2.18. The summed E-state index contributed by atoms with van der Waals surface area (Å²) in [5, 5.41) is 5.67. The van der Waals surface area contributed by atoms with Crippen LogP contribution in [0.15, 0.2) is 29.4 Å². The second kappa shape index (κ2) is 8.30. The molecule has 0 aliphatic heterocycles. The summed E-state index contributed by atoms with van der Waals surface area (Å²) in [6.07, 6.45) is -2.87. The summed E-state index contributed by atoms with van der Waals surface area (Å²) in [7, 11) is 0. The van der Waals surface area contributed by atoms with Gasteiger partial charge in [0.05, 0.1) is 5.71 Å². The molecule has 0 bridgehead atoms. The number of hydrazone groups is 1. The fourth-order valence-electron chi connectivity index (χ4n) is 1.60. The molecule has 0 aromatic heterocycles. The monoisotopic (exact) mass is 329 g/mol. The second-order valence-corrected chi connectivity index (χ2v) is 4.86. The Morgan fingerprint density at radius 2 is 1.78 bits per heavy atom. The van der Waals surface area contributed by atoms with Crippen LogP contribution < -0.4 is 10.7 Å². The van der Waals surface area contributed by atoms with E-state index in [9.17, 15) is 22.8 Å². The summed E-state index contributed by atoms with van der Waals surface area (Å²) in [5.41, 5.74) is 3.56. The van der Waals surface area contributed by atoms with E-state index in [0.717, 1.165) is 12.8 Å². The number of rotatable bonds is 6. The van der Waals surface area contributed by atoms with E-state index in [2.05, 4.69) is 10.5 Å². The predicted molar refractivity (Wildman–Crippen MR) is 81.0 cm³/mol. The van der Waals surface area contributed by atoms with Gasteiger partial charge in [0.25, 0.3) is 0 Å². The average molecular weight is 329 g/mol. The molecule has 0 unspecified atom stereocenters. The highest BCUT2D eigenvalue weighted by molar-refractivity contribution is 6.00. The largest absolute Gasteiger partial charge is 0.471 e. The Morgan fingerprint density at radius 1 is 1.17 bits per heavy atom. The van der Waals surface area contributed by atoms with Crippen LogP contribution in [-0.2, 0) is 9.59 Å². The van der Waals surface area contributed by atoms with Gasteiger partial charge in [-0.25, -0.2) is 5.43 Å². The van der Waals surface area contributed by atoms with Crippen molar-refractivity contribution in [2.24, 2.45) is 5.10 Å². The minimum Gasteiger partial charge on any atom is -0.318 e. The van der Waals surface area contributed by atoms with E-state index in [1.165, 1.54) is 24.3 Å². The van der Waals surface area contributed by atoms with E-state index >= 15 is 0 Å². The fourth-order valence-corrected chi connectivity index (χ4v) is 1.60. The van der Waals surface area contributed by atoms with Crippen molar-refractivity contribution in [1.82, 2.24) is 5.43 Å². The van der Waals surface area contributed by atoms with E-state index in [-0.39, 0.29) is 11.6 Å². The standard InChI is InChI=1S/C15H18F3N3O2/c1-3-4-5-13(22)21-20-10(2)11-6-8-12(9-7-11)19-14(23)15(16,17)18/h6-9H,3-5H2,1-2H3,(H,19,23)(H,21,22)/b20-10-. The van der Waals surface area contributed by atoms with E-state index in [0.29, 0.717) is 17.7 Å². The summed E-state index contributed by atoms with van der Waals surface area (Å²) < 4.78 is 36.4. The summed E-state index contributed by atoms with van der Waals surface area (Å²) in [6.45, 7) is 3.63. The number of benzene rings is 1. The molecule has 0 aliphatic carbocycles. The number of alkyl halides is 3. The number of carbonyl (C=O) groups excluding carboxylic acids is 2. The molecule has 0 aliphatic rings. The minimum atomic E-state index is -4.93. The maximum atomic E-state index is 12.1. The van der Waals surface area contributed by atoms with Crippen LogP contribution in [0, 0.1) is 0 Å². The molecule has 0 fully saturated rings. The molecule has 0 spiro atoms. The number of hydrogen-bond donors (Lipinski definition) is 2. The van der Waals surface area contributed by atoms with Gasteiger partial charge in [0.15, 0.2) is 0 Å². The third kappa shape index (κ3) is 6.50. The SMILES string of the molecule is CCCCC(=O)N/N=C(/C)c1ccc(NC(=O)C(F)(F)F)cc1. The van der Waals surface area contributed by atoms with Crippen LogP contribution in [0.2, 0.25) is 0 Å². The van der Waals surface area contributed by atoms with Gasteiger partial charge in [-0.3, -0.25) is 9.59 Å². The van der Waals surface area contributed by atoms with Crippen LogP contribution in [0.25, 0.3) is 0 Å². The molecule has 126 valence electrons. The molecule has 0 heterocycles. The van der Waals surface area contributed by atoms with Crippen molar-refractivity contribution >= 4 is 23.2 Å². The maximum absolute atomic E-state index is 12.1. The van der Waals surface area contributed by atoms with Gasteiger partial charge in [0, 0.05) is 12.1 Å². The zero-order chi connectivity index (χ0) is 17.5. The summed E-state index contributed by atoms with van der Waals surface area (Å²) in [6, 6.07) is 5.67. The van der Waals surface area contributed by atoms with Crippen molar-refractivity contribution in [1.29, 1.82) is 0 Å². The van der Waals surface area contributed by atoms with E-state index in [1.54, 1.807) is 12.2 Å². The number of carbonyl (C=O) groups is 2. The van der Waals surface area contributed by atoms with E-state index in [1.807, 2.05) is 6.92 Å². The van der Waals surface area contributed by atoms with E-state index < -0.39 is 12.1 Å². The smallest absolute Gasteiger partial charge is 0.318 e. The number of halogens is 3. The molecule has 0 atom stereocenters. The van der Waals surface area contributed by atoms with Crippen molar-refractivity contribution in [3.05, 3.63) is 29.8 Å². The summed E-state index contributed by atoms with van der Waals surface area (Å²) >= 11 is 0. The lowest BCUT2D eigenvalue weighted by Gasteiger charge is -2.08. The Bertz CT molecular complexity index is 581. The van der Waals surface area contributed by atoms with Gasteiger partial charge in [-0.1, -0.05) is 25.5 Å². The normalized spacial score (nSPS) is 12.0. The molecule has 23 heavy (non-hydrogen) atoms. The second-order valence-electron chi connectivity index (χ2n) is 4.86. The van der Waals surface area contributed by atoms with Gasteiger partial charge in [-0.15, -0.1) is 0 Å². The first-order chi connectivity index (χ1) is 10.7. The molecular weight excluding hydrogens is 311 g/mol. The molecular formula is C15H18F3N3O2. The molecule has 1 aromatic carbocycles.